The third kappa shape index (κ3) is 2.43. The third-order valence-corrected chi connectivity index (χ3v) is 2.10. The van der Waals surface area contributed by atoms with Gasteiger partial charge < -0.3 is 0 Å². The lowest BCUT2D eigenvalue weighted by Crippen LogP contribution is -1.95. The summed E-state index contributed by atoms with van der Waals surface area (Å²) >= 11 is 2.25. The van der Waals surface area contributed by atoms with Crippen molar-refractivity contribution >= 4 is 22.6 Å². The normalized spacial score (nSPS) is 10.6. The molecule has 1 nitrogen and oxygen atoms in total. The zero-order valence-corrected chi connectivity index (χ0v) is 9.21. The van der Waals surface area contributed by atoms with Gasteiger partial charge in [0.15, 0.2) is 0 Å². The number of rotatable bonds is 1. The van der Waals surface area contributed by atoms with Crippen LogP contribution in [-0.4, -0.2) is 4.98 Å². The fourth-order valence-corrected chi connectivity index (χ4v) is 1.72. The van der Waals surface area contributed by atoms with Gasteiger partial charge in [-0.1, -0.05) is 13.8 Å². The Bertz CT molecular complexity index is 235. The molecule has 1 aromatic heterocycles. The summed E-state index contributed by atoms with van der Waals surface area (Å²) in [5.41, 5.74) is 2.49. The Morgan fingerprint density at radius 3 is 2.45 bits per heavy atom. The minimum Gasteiger partial charge on any atom is -0.247 e. The monoisotopic (exact) mass is 261 g/mol. The Kier molecular flexibility index (Phi) is 2.87. The number of nitrogens with zero attached hydrogens (tertiary/aromatic N) is 1. The van der Waals surface area contributed by atoms with Crippen LogP contribution in [0.3, 0.4) is 0 Å². The lowest BCUT2D eigenvalue weighted by Gasteiger charge is -2.05. The van der Waals surface area contributed by atoms with E-state index in [0.717, 1.165) is 3.70 Å². The first kappa shape index (κ1) is 8.97. The molecule has 2 heteroatoms. The Hall–Kier alpha value is -0.120. The van der Waals surface area contributed by atoms with Crippen LogP contribution in [0.25, 0.3) is 0 Å². The molecule has 0 bridgehead atoms. The summed E-state index contributed by atoms with van der Waals surface area (Å²) < 4.78 is 1.09. The molecule has 0 aliphatic heterocycles. The van der Waals surface area contributed by atoms with Gasteiger partial charge in [0, 0.05) is 5.69 Å². The van der Waals surface area contributed by atoms with E-state index in [2.05, 4.69) is 60.5 Å². The van der Waals surface area contributed by atoms with E-state index in [1.165, 1.54) is 11.3 Å². The molecule has 0 spiro atoms. The van der Waals surface area contributed by atoms with Crippen LogP contribution in [0.2, 0.25) is 0 Å². The summed E-state index contributed by atoms with van der Waals surface area (Å²) in [6.07, 6.45) is 0. The first-order valence-electron chi connectivity index (χ1n) is 3.73. The Balaban J connectivity index is 3.08. The van der Waals surface area contributed by atoms with Crippen LogP contribution in [0.5, 0.6) is 0 Å². The summed E-state index contributed by atoms with van der Waals surface area (Å²) in [6, 6.07) is 4.24. The van der Waals surface area contributed by atoms with Crippen LogP contribution in [-0.2, 0) is 0 Å². The Morgan fingerprint density at radius 2 is 2.00 bits per heavy atom. The van der Waals surface area contributed by atoms with Crippen molar-refractivity contribution in [3.63, 3.8) is 0 Å². The predicted molar refractivity (Wildman–Crippen MR) is 55.8 cm³/mol. The van der Waals surface area contributed by atoms with Gasteiger partial charge in [0.2, 0.25) is 0 Å². The first-order chi connectivity index (χ1) is 5.09. The van der Waals surface area contributed by atoms with E-state index in [4.69, 9.17) is 0 Å². The topological polar surface area (TPSA) is 12.9 Å². The molecule has 1 aromatic rings. The highest BCUT2D eigenvalue weighted by molar-refractivity contribution is 14.1. The molecule has 0 fully saturated rings. The molecular formula is C9H12IN. The summed E-state index contributed by atoms with van der Waals surface area (Å²) in [4.78, 5) is 4.42. The summed E-state index contributed by atoms with van der Waals surface area (Å²) in [6.45, 7) is 6.44. The van der Waals surface area contributed by atoms with E-state index in [1.807, 2.05) is 0 Å². The largest absolute Gasteiger partial charge is 0.247 e. The van der Waals surface area contributed by atoms with E-state index in [-0.39, 0.29) is 0 Å². The van der Waals surface area contributed by atoms with Crippen molar-refractivity contribution in [1.29, 1.82) is 0 Å². The lowest BCUT2D eigenvalue weighted by molar-refractivity contribution is 0.815. The molecule has 0 atom stereocenters. The van der Waals surface area contributed by atoms with Gasteiger partial charge in [0.1, 0.15) is 3.70 Å². The molecule has 0 amide bonds. The van der Waals surface area contributed by atoms with Crippen molar-refractivity contribution in [1.82, 2.24) is 4.98 Å². The molecule has 1 rings (SSSR count). The average molecular weight is 261 g/mol. The molecule has 0 aliphatic carbocycles. The molecule has 0 unspecified atom stereocenters. The van der Waals surface area contributed by atoms with Crippen LogP contribution < -0.4 is 0 Å². The first-order valence-corrected chi connectivity index (χ1v) is 4.81. The van der Waals surface area contributed by atoms with Crippen molar-refractivity contribution in [2.45, 2.75) is 26.7 Å². The van der Waals surface area contributed by atoms with E-state index < -0.39 is 0 Å². The number of aromatic nitrogens is 1. The van der Waals surface area contributed by atoms with E-state index >= 15 is 0 Å². The van der Waals surface area contributed by atoms with Gasteiger partial charge in [-0.15, -0.1) is 0 Å². The van der Waals surface area contributed by atoms with Crippen LogP contribution in [0.15, 0.2) is 12.1 Å². The van der Waals surface area contributed by atoms with Crippen molar-refractivity contribution in [3.8, 4) is 0 Å². The number of hydrogen-bond acceptors (Lipinski definition) is 1. The zero-order valence-electron chi connectivity index (χ0n) is 7.06. The van der Waals surface area contributed by atoms with Gasteiger partial charge in [0.25, 0.3) is 0 Å². The van der Waals surface area contributed by atoms with Crippen molar-refractivity contribution < 1.29 is 0 Å². The van der Waals surface area contributed by atoms with Crippen LogP contribution in [0.1, 0.15) is 31.0 Å². The van der Waals surface area contributed by atoms with Crippen LogP contribution >= 0.6 is 22.6 Å². The van der Waals surface area contributed by atoms with E-state index in [9.17, 15) is 0 Å². The predicted octanol–water partition coefficient (Wildman–Crippen LogP) is 3.12. The molecular weight excluding hydrogens is 249 g/mol. The minimum atomic E-state index is 0.531. The minimum absolute atomic E-state index is 0.531. The standard InChI is InChI=1S/C9H12IN/c1-6(2)8-4-7(3)5-9(10)11-8/h4-6H,1-3H3. The molecule has 0 saturated heterocycles. The quantitative estimate of drug-likeness (QED) is 0.559. The van der Waals surface area contributed by atoms with Crippen molar-refractivity contribution in [2.24, 2.45) is 0 Å². The highest BCUT2D eigenvalue weighted by atomic mass is 127. The molecule has 11 heavy (non-hydrogen) atoms. The van der Waals surface area contributed by atoms with E-state index in [0.29, 0.717) is 5.92 Å². The number of pyridine rings is 1. The molecule has 0 N–H and O–H groups in total. The summed E-state index contributed by atoms with van der Waals surface area (Å²) in [5, 5.41) is 0. The highest BCUT2D eigenvalue weighted by Crippen LogP contribution is 2.14. The fourth-order valence-electron chi connectivity index (χ4n) is 0.946. The molecule has 0 saturated carbocycles. The molecule has 1 heterocycles. The highest BCUT2D eigenvalue weighted by Gasteiger charge is 2.01. The second-order valence-electron chi connectivity index (χ2n) is 3.05. The molecule has 0 radical (unpaired) electrons. The Morgan fingerprint density at radius 1 is 1.36 bits per heavy atom. The Labute approximate surface area is 81.4 Å². The maximum absolute atomic E-state index is 4.42. The van der Waals surface area contributed by atoms with E-state index in [1.54, 1.807) is 0 Å². The number of aryl methyl sites for hydroxylation is 1. The van der Waals surface area contributed by atoms with Crippen LogP contribution in [0.4, 0.5) is 0 Å². The van der Waals surface area contributed by atoms with Gasteiger partial charge in [-0.2, -0.15) is 0 Å². The third-order valence-electron chi connectivity index (χ3n) is 1.55. The summed E-state index contributed by atoms with van der Waals surface area (Å²) in [7, 11) is 0. The second-order valence-corrected chi connectivity index (χ2v) is 4.15. The fraction of sp³-hybridized carbons (Fsp3) is 0.444. The number of halogens is 1. The zero-order chi connectivity index (χ0) is 8.43. The maximum atomic E-state index is 4.42. The number of hydrogen-bond donors (Lipinski definition) is 0. The average Bonchev–Trinajstić information content (AvgIpc) is 1.85. The maximum Gasteiger partial charge on any atom is 0.101 e. The van der Waals surface area contributed by atoms with Gasteiger partial charge in [0.05, 0.1) is 0 Å². The van der Waals surface area contributed by atoms with Crippen molar-refractivity contribution in [3.05, 3.63) is 27.1 Å². The van der Waals surface area contributed by atoms with Gasteiger partial charge >= 0.3 is 0 Å². The molecule has 0 aliphatic rings. The molecule has 60 valence electrons. The van der Waals surface area contributed by atoms with Gasteiger partial charge in [-0.05, 0) is 53.1 Å². The van der Waals surface area contributed by atoms with Gasteiger partial charge in [-0.25, -0.2) is 4.98 Å². The second kappa shape index (κ2) is 3.52. The van der Waals surface area contributed by atoms with Gasteiger partial charge in [-0.3, -0.25) is 0 Å². The smallest absolute Gasteiger partial charge is 0.101 e. The molecule has 0 aromatic carbocycles. The van der Waals surface area contributed by atoms with Crippen molar-refractivity contribution in [2.75, 3.05) is 0 Å². The summed E-state index contributed by atoms with van der Waals surface area (Å²) in [5.74, 6) is 0.531. The SMILES string of the molecule is Cc1cc(I)nc(C(C)C)c1. The van der Waals surface area contributed by atoms with Crippen LogP contribution in [0, 0.1) is 10.6 Å². The lowest BCUT2D eigenvalue weighted by atomic mass is 10.1.